The summed E-state index contributed by atoms with van der Waals surface area (Å²) < 4.78 is 0. The Hall–Kier alpha value is -2.58. The Morgan fingerprint density at radius 2 is 2.14 bits per heavy atom. The summed E-state index contributed by atoms with van der Waals surface area (Å²) in [5, 5.41) is 0.823. The summed E-state index contributed by atoms with van der Waals surface area (Å²) in [6.07, 6.45) is 9.37. The van der Waals surface area contributed by atoms with Gasteiger partial charge >= 0.3 is 0 Å². The number of hydrogen-bond acceptors (Lipinski definition) is 7. The van der Waals surface area contributed by atoms with Gasteiger partial charge in [0.25, 0.3) is 5.56 Å². The van der Waals surface area contributed by atoms with Crippen molar-refractivity contribution in [3.63, 3.8) is 0 Å². The molecule has 150 valence electrons. The Labute approximate surface area is 174 Å². The van der Waals surface area contributed by atoms with E-state index in [9.17, 15) is 4.79 Å². The standard InChI is InChI=1S/C21H24N6OS/c1-2-29-21-23-10-15(11-24-21)13-27-8-4-6-17(14-27)18-9-19(28)26-20(25-18)16-5-3-7-22-12-16/h3,5,7,9-12,17H,2,4,6,8,13-14H2,1H3,(H,25,26,28). The average Bonchev–Trinajstić information content (AvgIpc) is 2.76. The molecule has 29 heavy (non-hydrogen) atoms. The third-order valence-corrected chi connectivity index (χ3v) is 5.74. The van der Waals surface area contributed by atoms with E-state index in [-0.39, 0.29) is 11.5 Å². The van der Waals surface area contributed by atoms with Crippen LogP contribution in [0, 0.1) is 0 Å². The first-order valence-electron chi connectivity index (χ1n) is 9.89. The van der Waals surface area contributed by atoms with Crippen LogP contribution in [0.2, 0.25) is 0 Å². The molecule has 0 radical (unpaired) electrons. The second kappa shape index (κ2) is 9.28. The zero-order chi connectivity index (χ0) is 20.1. The van der Waals surface area contributed by atoms with Gasteiger partial charge in [-0.2, -0.15) is 0 Å². The van der Waals surface area contributed by atoms with Crippen LogP contribution in [0.15, 0.2) is 52.9 Å². The molecule has 1 saturated heterocycles. The van der Waals surface area contributed by atoms with Crippen LogP contribution in [0.25, 0.3) is 11.4 Å². The molecular formula is C21H24N6OS. The first-order valence-corrected chi connectivity index (χ1v) is 10.9. The van der Waals surface area contributed by atoms with E-state index >= 15 is 0 Å². The highest BCUT2D eigenvalue weighted by Crippen LogP contribution is 2.27. The van der Waals surface area contributed by atoms with E-state index in [2.05, 4.69) is 31.8 Å². The van der Waals surface area contributed by atoms with E-state index in [1.807, 2.05) is 24.5 Å². The highest BCUT2D eigenvalue weighted by Gasteiger charge is 2.23. The topological polar surface area (TPSA) is 87.7 Å². The smallest absolute Gasteiger partial charge is 0.251 e. The predicted molar refractivity (Wildman–Crippen MR) is 114 cm³/mol. The minimum Gasteiger partial charge on any atom is -0.306 e. The molecular weight excluding hydrogens is 384 g/mol. The van der Waals surface area contributed by atoms with Gasteiger partial charge in [0, 0.05) is 61.0 Å². The molecule has 4 heterocycles. The molecule has 0 aromatic carbocycles. The predicted octanol–water partition coefficient (Wildman–Crippen LogP) is 3.11. The first-order chi connectivity index (χ1) is 14.2. The normalized spacial score (nSPS) is 17.3. The molecule has 0 amide bonds. The summed E-state index contributed by atoms with van der Waals surface area (Å²) in [7, 11) is 0. The maximum Gasteiger partial charge on any atom is 0.251 e. The van der Waals surface area contributed by atoms with Gasteiger partial charge in [-0.15, -0.1) is 0 Å². The van der Waals surface area contributed by atoms with Crippen molar-refractivity contribution in [3.05, 3.63) is 64.6 Å². The fraction of sp³-hybridized carbons (Fsp3) is 0.381. The van der Waals surface area contributed by atoms with Gasteiger partial charge in [-0.25, -0.2) is 15.0 Å². The van der Waals surface area contributed by atoms with Crippen LogP contribution >= 0.6 is 11.8 Å². The number of likely N-dealkylation sites (tertiary alicyclic amines) is 1. The summed E-state index contributed by atoms with van der Waals surface area (Å²) >= 11 is 1.65. The zero-order valence-electron chi connectivity index (χ0n) is 16.4. The van der Waals surface area contributed by atoms with E-state index in [1.165, 1.54) is 0 Å². The molecule has 1 aliphatic heterocycles. The lowest BCUT2D eigenvalue weighted by molar-refractivity contribution is 0.198. The zero-order valence-corrected chi connectivity index (χ0v) is 17.2. The highest BCUT2D eigenvalue weighted by atomic mass is 32.2. The molecule has 1 N–H and O–H groups in total. The summed E-state index contributed by atoms with van der Waals surface area (Å²) in [5.74, 6) is 1.78. The number of nitrogens with zero attached hydrogens (tertiary/aromatic N) is 5. The van der Waals surface area contributed by atoms with Crippen molar-refractivity contribution >= 4 is 11.8 Å². The number of H-pyrrole nitrogens is 1. The van der Waals surface area contributed by atoms with Crippen LogP contribution in [0.4, 0.5) is 0 Å². The van der Waals surface area contributed by atoms with Crippen LogP contribution < -0.4 is 5.56 Å². The fourth-order valence-electron chi connectivity index (χ4n) is 3.65. The summed E-state index contributed by atoms with van der Waals surface area (Å²) in [5.41, 5.74) is 2.66. The van der Waals surface area contributed by atoms with E-state index in [0.29, 0.717) is 5.82 Å². The van der Waals surface area contributed by atoms with Gasteiger partial charge in [-0.05, 0) is 37.3 Å². The summed E-state index contributed by atoms with van der Waals surface area (Å²) in [4.78, 5) is 35.2. The Bertz CT molecular complexity index is 992. The number of aromatic amines is 1. The van der Waals surface area contributed by atoms with Crippen molar-refractivity contribution in [2.45, 2.75) is 37.4 Å². The summed E-state index contributed by atoms with van der Waals surface area (Å²) in [6, 6.07) is 5.38. The molecule has 1 aliphatic rings. The van der Waals surface area contributed by atoms with Crippen molar-refractivity contribution < 1.29 is 0 Å². The van der Waals surface area contributed by atoms with Gasteiger partial charge in [0.2, 0.25) is 0 Å². The Balaban J connectivity index is 1.48. The summed E-state index contributed by atoms with van der Waals surface area (Å²) in [6.45, 7) is 4.81. The molecule has 0 bridgehead atoms. The largest absolute Gasteiger partial charge is 0.306 e. The highest BCUT2D eigenvalue weighted by molar-refractivity contribution is 7.99. The number of thioether (sulfide) groups is 1. The average molecular weight is 409 g/mol. The van der Waals surface area contributed by atoms with Crippen LogP contribution in [0.3, 0.4) is 0 Å². The fourth-order valence-corrected chi connectivity index (χ4v) is 4.16. The molecule has 1 unspecified atom stereocenters. The third-order valence-electron chi connectivity index (χ3n) is 4.98. The van der Waals surface area contributed by atoms with Gasteiger partial charge in [0.15, 0.2) is 5.16 Å². The van der Waals surface area contributed by atoms with Gasteiger partial charge in [0.05, 0.1) is 5.69 Å². The van der Waals surface area contributed by atoms with Crippen molar-refractivity contribution in [2.75, 3.05) is 18.8 Å². The van der Waals surface area contributed by atoms with Crippen LogP contribution in [-0.2, 0) is 6.54 Å². The number of hydrogen-bond donors (Lipinski definition) is 1. The first kappa shape index (κ1) is 19.7. The lowest BCUT2D eigenvalue weighted by Crippen LogP contribution is -2.34. The van der Waals surface area contributed by atoms with E-state index < -0.39 is 0 Å². The van der Waals surface area contributed by atoms with Crippen molar-refractivity contribution in [1.82, 2.24) is 29.8 Å². The van der Waals surface area contributed by atoms with E-state index in [0.717, 1.165) is 60.2 Å². The van der Waals surface area contributed by atoms with Crippen LogP contribution in [-0.4, -0.2) is 48.7 Å². The second-order valence-corrected chi connectivity index (χ2v) is 8.37. The number of nitrogens with one attached hydrogen (secondary N) is 1. The number of rotatable bonds is 6. The molecule has 4 rings (SSSR count). The van der Waals surface area contributed by atoms with Gasteiger partial charge in [-0.1, -0.05) is 18.7 Å². The lowest BCUT2D eigenvalue weighted by atomic mass is 9.94. The van der Waals surface area contributed by atoms with E-state index in [1.54, 1.807) is 30.2 Å². The van der Waals surface area contributed by atoms with Gasteiger partial charge in [-0.3, -0.25) is 14.7 Å². The van der Waals surface area contributed by atoms with Crippen molar-refractivity contribution in [2.24, 2.45) is 0 Å². The molecule has 0 spiro atoms. The van der Waals surface area contributed by atoms with Gasteiger partial charge < -0.3 is 4.98 Å². The Morgan fingerprint density at radius 3 is 2.90 bits per heavy atom. The molecule has 1 fully saturated rings. The number of pyridine rings is 1. The molecule has 3 aromatic heterocycles. The molecule has 0 saturated carbocycles. The van der Waals surface area contributed by atoms with Gasteiger partial charge in [0.1, 0.15) is 5.82 Å². The van der Waals surface area contributed by atoms with Crippen LogP contribution in [0.1, 0.15) is 36.9 Å². The quantitative estimate of drug-likeness (QED) is 0.495. The Kier molecular flexibility index (Phi) is 6.31. The molecule has 3 aromatic rings. The number of aromatic nitrogens is 5. The molecule has 8 heteroatoms. The minimum atomic E-state index is -0.122. The maximum absolute atomic E-state index is 12.2. The number of piperidine rings is 1. The molecule has 7 nitrogen and oxygen atoms in total. The van der Waals surface area contributed by atoms with Crippen molar-refractivity contribution in [3.8, 4) is 11.4 Å². The maximum atomic E-state index is 12.2. The lowest BCUT2D eigenvalue weighted by Gasteiger charge is -2.32. The van der Waals surface area contributed by atoms with E-state index in [4.69, 9.17) is 4.98 Å². The SMILES string of the molecule is CCSc1ncc(CN2CCCC(c3cc(=O)[nH]c(-c4cccnc4)n3)C2)cn1. The monoisotopic (exact) mass is 408 g/mol. The third kappa shape index (κ3) is 5.07. The van der Waals surface area contributed by atoms with Crippen molar-refractivity contribution in [1.29, 1.82) is 0 Å². The Morgan fingerprint density at radius 1 is 1.28 bits per heavy atom. The minimum absolute atomic E-state index is 0.122. The van der Waals surface area contributed by atoms with Crippen LogP contribution in [0.5, 0.6) is 0 Å². The molecule has 0 aliphatic carbocycles. The molecule has 1 atom stereocenters. The second-order valence-electron chi connectivity index (χ2n) is 7.14.